The predicted molar refractivity (Wildman–Crippen MR) is 78.3 cm³/mol. The van der Waals surface area contributed by atoms with E-state index in [9.17, 15) is 0 Å². The van der Waals surface area contributed by atoms with Gasteiger partial charge in [-0.25, -0.2) is 9.97 Å². The highest BCUT2D eigenvalue weighted by Gasteiger charge is 2.04. The van der Waals surface area contributed by atoms with Gasteiger partial charge in [-0.1, -0.05) is 23.7 Å². The normalized spacial score (nSPS) is 11.5. The summed E-state index contributed by atoms with van der Waals surface area (Å²) in [6, 6.07) is 7.91. The van der Waals surface area contributed by atoms with E-state index in [1.165, 1.54) is 6.33 Å². The number of nitrogens with zero attached hydrogens (tertiary/aromatic N) is 2. The number of allylic oxidation sites excluding steroid dienone is 1. The third-order valence-corrected chi connectivity index (χ3v) is 3.34. The van der Waals surface area contributed by atoms with Crippen LogP contribution in [-0.4, -0.2) is 17.1 Å². The molecule has 19 heavy (non-hydrogen) atoms. The van der Waals surface area contributed by atoms with Crippen molar-refractivity contribution in [3.63, 3.8) is 0 Å². The monoisotopic (exact) mass is 274 g/mol. The minimum Gasteiger partial charge on any atom is -0.497 e. The summed E-state index contributed by atoms with van der Waals surface area (Å²) in [5, 5.41) is 0.490. The fraction of sp³-hybridized carbons (Fsp3) is 0.200. The summed E-state index contributed by atoms with van der Waals surface area (Å²) in [6.45, 7) is 3.95. The van der Waals surface area contributed by atoms with E-state index >= 15 is 0 Å². The Kier molecular flexibility index (Phi) is 4.17. The fourth-order valence-electron chi connectivity index (χ4n) is 1.73. The van der Waals surface area contributed by atoms with Gasteiger partial charge >= 0.3 is 0 Å². The molecule has 0 aliphatic carbocycles. The van der Waals surface area contributed by atoms with E-state index in [1.807, 2.05) is 44.2 Å². The van der Waals surface area contributed by atoms with Crippen LogP contribution >= 0.6 is 11.6 Å². The minimum absolute atomic E-state index is 0.490. The summed E-state index contributed by atoms with van der Waals surface area (Å²) in [5.41, 5.74) is 3.96. The summed E-state index contributed by atoms with van der Waals surface area (Å²) < 4.78 is 5.14. The van der Waals surface area contributed by atoms with Crippen molar-refractivity contribution in [2.24, 2.45) is 0 Å². The van der Waals surface area contributed by atoms with E-state index in [1.54, 1.807) is 7.11 Å². The van der Waals surface area contributed by atoms with Crippen LogP contribution in [0.15, 0.2) is 30.6 Å². The molecule has 0 atom stereocenters. The maximum Gasteiger partial charge on any atom is 0.135 e. The van der Waals surface area contributed by atoms with Crippen molar-refractivity contribution >= 4 is 23.3 Å². The molecular formula is C15H15ClN2O. The lowest BCUT2D eigenvalue weighted by atomic mass is 10.1. The van der Waals surface area contributed by atoms with Crippen LogP contribution in [0.5, 0.6) is 5.75 Å². The van der Waals surface area contributed by atoms with Crippen molar-refractivity contribution in [2.45, 2.75) is 13.8 Å². The molecule has 1 heterocycles. The van der Waals surface area contributed by atoms with Crippen molar-refractivity contribution in [1.29, 1.82) is 0 Å². The second-order valence-electron chi connectivity index (χ2n) is 4.23. The van der Waals surface area contributed by atoms with E-state index in [0.29, 0.717) is 5.15 Å². The van der Waals surface area contributed by atoms with Gasteiger partial charge in [-0.3, -0.25) is 0 Å². The zero-order valence-corrected chi connectivity index (χ0v) is 11.9. The van der Waals surface area contributed by atoms with Gasteiger partial charge in [-0.05, 0) is 43.2 Å². The number of benzene rings is 1. The lowest BCUT2D eigenvalue weighted by Gasteiger charge is -2.05. The minimum atomic E-state index is 0.490. The Labute approximate surface area is 117 Å². The van der Waals surface area contributed by atoms with Crippen LogP contribution in [0.2, 0.25) is 5.15 Å². The molecule has 0 aliphatic heterocycles. The topological polar surface area (TPSA) is 35.0 Å². The molecule has 0 aliphatic rings. The Morgan fingerprint density at radius 1 is 1.21 bits per heavy atom. The van der Waals surface area contributed by atoms with E-state index in [-0.39, 0.29) is 0 Å². The molecule has 0 saturated heterocycles. The number of ether oxygens (including phenoxy) is 1. The largest absolute Gasteiger partial charge is 0.497 e. The summed E-state index contributed by atoms with van der Waals surface area (Å²) >= 11 is 5.99. The molecule has 0 bridgehead atoms. The highest BCUT2D eigenvalue weighted by molar-refractivity contribution is 6.30. The van der Waals surface area contributed by atoms with Gasteiger partial charge in [-0.2, -0.15) is 0 Å². The molecule has 98 valence electrons. The number of methoxy groups -OCH3 is 1. The molecular weight excluding hydrogens is 260 g/mol. The number of halogens is 1. The second-order valence-corrected chi connectivity index (χ2v) is 4.59. The van der Waals surface area contributed by atoms with Gasteiger partial charge in [0.05, 0.1) is 12.8 Å². The Hall–Kier alpha value is -1.87. The molecule has 0 fully saturated rings. The summed E-state index contributed by atoms with van der Waals surface area (Å²) in [7, 11) is 1.66. The van der Waals surface area contributed by atoms with Crippen LogP contribution in [-0.2, 0) is 0 Å². The Bertz CT molecular complexity index is 606. The van der Waals surface area contributed by atoms with Gasteiger partial charge in [0.2, 0.25) is 0 Å². The molecule has 2 rings (SSSR count). The number of hydrogen-bond donors (Lipinski definition) is 0. The van der Waals surface area contributed by atoms with Gasteiger partial charge in [0, 0.05) is 5.56 Å². The van der Waals surface area contributed by atoms with Crippen molar-refractivity contribution < 1.29 is 4.74 Å². The molecule has 0 N–H and O–H groups in total. The lowest BCUT2D eigenvalue weighted by Crippen LogP contribution is -1.91. The summed E-state index contributed by atoms with van der Waals surface area (Å²) in [5.74, 6) is 0.845. The first kappa shape index (κ1) is 13.6. The first-order valence-electron chi connectivity index (χ1n) is 5.91. The maximum atomic E-state index is 5.99. The zero-order chi connectivity index (χ0) is 13.8. The lowest BCUT2D eigenvalue weighted by molar-refractivity contribution is 0.415. The van der Waals surface area contributed by atoms with Crippen molar-refractivity contribution in [3.05, 3.63) is 52.6 Å². The Balaban J connectivity index is 2.34. The zero-order valence-electron chi connectivity index (χ0n) is 11.1. The summed E-state index contributed by atoms with van der Waals surface area (Å²) in [6.07, 6.45) is 3.48. The Morgan fingerprint density at radius 2 is 1.89 bits per heavy atom. The molecule has 2 aromatic rings. The number of rotatable bonds is 3. The van der Waals surface area contributed by atoms with Crippen LogP contribution in [0.25, 0.3) is 11.6 Å². The first-order chi connectivity index (χ1) is 9.11. The smallest absolute Gasteiger partial charge is 0.135 e. The molecule has 1 aromatic heterocycles. The molecule has 0 amide bonds. The van der Waals surface area contributed by atoms with E-state index < -0.39 is 0 Å². The quantitative estimate of drug-likeness (QED) is 0.793. The fourth-order valence-corrected chi connectivity index (χ4v) is 1.87. The predicted octanol–water partition coefficient (Wildman–Crippen LogP) is 4.01. The molecule has 1 aromatic carbocycles. The van der Waals surface area contributed by atoms with Crippen molar-refractivity contribution in [2.75, 3.05) is 7.11 Å². The van der Waals surface area contributed by atoms with Gasteiger partial charge in [0.15, 0.2) is 0 Å². The SMILES string of the molecule is COc1ccc(/C(C)=C/c2ncnc(Cl)c2C)cc1. The number of hydrogen-bond acceptors (Lipinski definition) is 3. The highest BCUT2D eigenvalue weighted by atomic mass is 35.5. The Morgan fingerprint density at radius 3 is 2.53 bits per heavy atom. The van der Waals surface area contributed by atoms with Crippen LogP contribution < -0.4 is 4.74 Å². The van der Waals surface area contributed by atoms with Crippen molar-refractivity contribution in [1.82, 2.24) is 9.97 Å². The van der Waals surface area contributed by atoms with Gasteiger partial charge in [0.25, 0.3) is 0 Å². The van der Waals surface area contributed by atoms with Crippen LogP contribution in [0.3, 0.4) is 0 Å². The summed E-state index contributed by atoms with van der Waals surface area (Å²) in [4.78, 5) is 8.19. The molecule has 0 unspecified atom stereocenters. The van der Waals surface area contributed by atoms with Crippen LogP contribution in [0, 0.1) is 6.92 Å². The van der Waals surface area contributed by atoms with E-state index in [4.69, 9.17) is 16.3 Å². The molecule has 0 radical (unpaired) electrons. The van der Waals surface area contributed by atoms with E-state index in [2.05, 4.69) is 9.97 Å². The maximum absolute atomic E-state index is 5.99. The third-order valence-electron chi connectivity index (χ3n) is 2.96. The molecule has 0 saturated carbocycles. The van der Waals surface area contributed by atoms with Crippen LogP contribution in [0.1, 0.15) is 23.7 Å². The average molecular weight is 275 g/mol. The van der Waals surface area contributed by atoms with Crippen molar-refractivity contribution in [3.8, 4) is 5.75 Å². The third kappa shape index (κ3) is 3.12. The first-order valence-corrected chi connectivity index (χ1v) is 6.29. The molecule has 0 spiro atoms. The average Bonchev–Trinajstić information content (AvgIpc) is 2.44. The van der Waals surface area contributed by atoms with Crippen LogP contribution in [0.4, 0.5) is 0 Å². The van der Waals surface area contributed by atoms with Gasteiger partial charge < -0.3 is 4.74 Å². The molecule has 4 heteroatoms. The van der Waals surface area contributed by atoms with Gasteiger partial charge in [-0.15, -0.1) is 0 Å². The highest BCUT2D eigenvalue weighted by Crippen LogP contribution is 2.22. The molecule has 3 nitrogen and oxygen atoms in total. The standard InChI is InChI=1S/C15H15ClN2O/c1-10(12-4-6-13(19-3)7-5-12)8-14-11(2)15(16)18-9-17-14/h4-9H,1-3H3/b10-8+. The van der Waals surface area contributed by atoms with E-state index in [0.717, 1.165) is 28.1 Å². The number of aromatic nitrogens is 2. The van der Waals surface area contributed by atoms with Gasteiger partial charge in [0.1, 0.15) is 17.2 Å². The second kappa shape index (κ2) is 5.85.